The van der Waals surface area contributed by atoms with Gasteiger partial charge in [-0.05, 0) is 68.4 Å². The van der Waals surface area contributed by atoms with E-state index in [-0.39, 0.29) is 24.3 Å². The van der Waals surface area contributed by atoms with Crippen molar-refractivity contribution >= 4 is 62.8 Å². The van der Waals surface area contributed by atoms with E-state index >= 15 is 0 Å². The molecule has 220 valence electrons. The lowest BCUT2D eigenvalue weighted by Crippen LogP contribution is -2.32. The molecular weight excluding hydrogens is 577 g/mol. The van der Waals surface area contributed by atoms with Crippen LogP contribution in [0.25, 0.3) is 21.9 Å². The Hall–Kier alpha value is -3.47. The number of ether oxygens (including phenoxy) is 1. The molecule has 4 aromatic rings. The highest BCUT2D eigenvalue weighted by atomic mass is 35.5. The van der Waals surface area contributed by atoms with E-state index in [1.807, 2.05) is 11.0 Å². The highest BCUT2D eigenvalue weighted by Crippen LogP contribution is 2.32. The number of halogens is 2. The number of rotatable bonds is 9. The molecule has 2 aliphatic heterocycles. The van der Waals surface area contributed by atoms with Crippen LogP contribution in [0.5, 0.6) is 0 Å². The van der Waals surface area contributed by atoms with E-state index in [9.17, 15) is 9.59 Å². The van der Waals surface area contributed by atoms with Gasteiger partial charge < -0.3 is 25.3 Å². The van der Waals surface area contributed by atoms with Crippen LogP contribution in [0, 0.1) is 5.92 Å². The van der Waals surface area contributed by atoms with E-state index in [0.717, 1.165) is 63.0 Å². The second kappa shape index (κ2) is 12.8. The van der Waals surface area contributed by atoms with Gasteiger partial charge in [0.1, 0.15) is 18.0 Å². The summed E-state index contributed by atoms with van der Waals surface area (Å²) in [6.45, 7) is 3.60. The maximum absolute atomic E-state index is 13.1. The Morgan fingerprint density at radius 2 is 1.88 bits per heavy atom. The van der Waals surface area contributed by atoms with Gasteiger partial charge in [0.15, 0.2) is 0 Å². The van der Waals surface area contributed by atoms with E-state index in [2.05, 4.69) is 25.6 Å². The van der Waals surface area contributed by atoms with Gasteiger partial charge in [0.25, 0.3) is 5.91 Å². The van der Waals surface area contributed by atoms with Gasteiger partial charge in [-0.15, -0.1) is 0 Å². The number of fused-ring (bicyclic) bond motifs is 2. The van der Waals surface area contributed by atoms with Crippen LogP contribution in [0.15, 0.2) is 36.7 Å². The summed E-state index contributed by atoms with van der Waals surface area (Å²) in [5.74, 6) is 1.53. The summed E-state index contributed by atoms with van der Waals surface area (Å²) in [6.07, 6.45) is 6.11. The molecular formula is C30H33Cl2N7O3. The Morgan fingerprint density at radius 1 is 1.07 bits per heavy atom. The van der Waals surface area contributed by atoms with Crippen molar-refractivity contribution in [2.24, 2.45) is 5.92 Å². The van der Waals surface area contributed by atoms with Gasteiger partial charge in [-0.25, -0.2) is 15.0 Å². The molecule has 2 aliphatic rings. The molecule has 10 nitrogen and oxygen atoms in total. The van der Waals surface area contributed by atoms with Gasteiger partial charge in [-0.2, -0.15) is 0 Å². The predicted octanol–water partition coefficient (Wildman–Crippen LogP) is 5.53. The highest BCUT2D eigenvalue weighted by Gasteiger charge is 2.24. The summed E-state index contributed by atoms with van der Waals surface area (Å²) >= 11 is 12.9. The first kappa shape index (κ1) is 28.6. The Morgan fingerprint density at radius 3 is 2.69 bits per heavy atom. The summed E-state index contributed by atoms with van der Waals surface area (Å²) in [5, 5.41) is 8.17. The lowest BCUT2D eigenvalue weighted by molar-refractivity contribution is -0.121. The number of hydrogen-bond donors (Lipinski definition) is 3. The number of anilines is 1. The van der Waals surface area contributed by atoms with Crippen molar-refractivity contribution in [3.63, 3.8) is 0 Å². The zero-order valence-corrected chi connectivity index (χ0v) is 24.7. The summed E-state index contributed by atoms with van der Waals surface area (Å²) in [5.41, 5.74) is 2.60. The molecule has 12 heteroatoms. The third-order valence-corrected chi connectivity index (χ3v) is 8.59. The Kier molecular flexibility index (Phi) is 8.73. The van der Waals surface area contributed by atoms with Crippen LogP contribution in [0.3, 0.4) is 0 Å². The van der Waals surface area contributed by atoms with Crippen LogP contribution in [-0.2, 0) is 9.53 Å². The van der Waals surface area contributed by atoms with Crippen molar-refractivity contribution in [3.8, 4) is 0 Å². The van der Waals surface area contributed by atoms with Gasteiger partial charge in [0.2, 0.25) is 5.91 Å². The first-order valence-corrected chi connectivity index (χ1v) is 15.2. The first-order chi connectivity index (χ1) is 20.4. The molecule has 4 heterocycles. The fourth-order valence-corrected chi connectivity index (χ4v) is 6.04. The lowest BCUT2D eigenvalue weighted by Gasteiger charge is -2.22. The van der Waals surface area contributed by atoms with Crippen LogP contribution >= 0.6 is 23.2 Å². The Labute approximate surface area is 253 Å². The maximum Gasteiger partial charge on any atom is 0.255 e. The van der Waals surface area contributed by atoms with Crippen molar-refractivity contribution in [3.05, 3.63) is 58.1 Å². The average Bonchev–Trinajstić information content (AvgIpc) is 3.69. The molecule has 2 aromatic heterocycles. The number of H-pyrrole nitrogens is 1. The molecule has 2 fully saturated rings. The zero-order chi connectivity index (χ0) is 29.1. The number of benzene rings is 2. The number of aromatic nitrogens is 4. The lowest BCUT2D eigenvalue weighted by atomic mass is 10.0. The minimum absolute atomic E-state index is 0.0203. The monoisotopic (exact) mass is 609 g/mol. The molecule has 0 spiro atoms. The Balaban J connectivity index is 1.25. The third-order valence-electron chi connectivity index (χ3n) is 8.04. The first-order valence-electron chi connectivity index (χ1n) is 14.4. The molecule has 2 aromatic carbocycles. The van der Waals surface area contributed by atoms with E-state index < -0.39 is 0 Å². The molecule has 42 heavy (non-hydrogen) atoms. The van der Waals surface area contributed by atoms with Crippen molar-refractivity contribution in [1.29, 1.82) is 0 Å². The van der Waals surface area contributed by atoms with Gasteiger partial charge in [0, 0.05) is 49.7 Å². The van der Waals surface area contributed by atoms with E-state index in [0.29, 0.717) is 57.0 Å². The summed E-state index contributed by atoms with van der Waals surface area (Å²) in [7, 11) is 0. The summed E-state index contributed by atoms with van der Waals surface area (Å²) in [4.78, 5) is 44.9. The zero-order valence-electron chi connectivity index (χ0n) is 23.2. The van der Waals surface area contributed by atoms with Crippen LogP contribution in [0.4, 0.5) is 5.82 Å². The Bertz CT molecular complexity index is 1600. The third kappa shape index (κ3) is 6.45. The molecule has 0 saturated carbocycles. The van der Waals surface area contributed by atoms with Crippen LogP contribution in [0.1, 0.15) is 60.7 Å². The van der Waals surface area contributed by atoms with Crippen molar-refractivity contribution < 1.29 is 14.3 Å². The van der Waals surface area contributed by atoms with Crippen LogP contribution in [0.2, 0.25) is 10.0 Å². The SMILES string of the molecule is O=C(CCC(Nc1ncnc2cc(C(=O)N3CCCC3)c(Cl)cc12)c1nc2cc(Cl)ccc2[nH]1)NCC1CCOCC1. The van der Waals surface area contributed by atoms with Crippen molar-refractivity contribution in [1.82, 2.24) is 30.2 Å². The second-order valence-electron chi connectivity index (χ2n) is 10.9. The fourth-order valence-electron chi connectivity index (χ4n) is 5.62. The molecule has 1 unspecified atom stereocenters. The molecule has 6 rings (SSSR count). The molecule has 1 atom stereocenters. The summed E-state index contributed by atoms with van der Waals surface area (Å²) in [6, 6.07) is 8.57. The minimum Gasteiger partial charge on any atom is -0.381 e. The number of likely N-dealkylation sites (tertiary alicyclic amines) is 1. The molecule has 0 radical (unpaired) electrons. The van der Waals surface area contributed by atoms with E-state index in [4.69, 9.17) is 32.9 Å². The number of amides is 2. The van der Waals surface area contributed by atoms with Gasteiger partial charge in [-0.3, -0.25) is 9.59 Å². The quantitative estimate of drug-likeness (QED) is 0.228. The molecule has 2 saturated heterocycles. The predicted molar refractivity (Wildman–Crippen MR) is 163 cm³/mol. The largest absolute Gasteiger partial charge is 0.381 e. The van der Waals surface area contributed by atoms with Crippen LogP contribution in [-0.4, -0.2) is 69.5 Å². The van der Waals surface area contributed by atoms with E-state index in [1.54, 1.807) is 24.3 Å². The molecule has 0 bridgehead atoms. The van der Waals surface area contributed by atoms with Crippen molar-refractivity contribution in [2.45, 2.75) is 44.6 Å². The standard InChI is InChI=1S/C30H33Cl2N7O3/c31-19-3-4-23-26(13-19)38-29(36-23)24(5-6-27(40)33-16-18-7-11-42-12-8-18)37-28-21-14-22(32)20(15-25(21)34-17-35-28)30(41)39-9-1-2-10-39/h3-4,13-15,17-18,24H,1-2,5-12,16H2,(H,33,40)(H,36,38)(H,34,35,37). The number of aromatic amines is 1. The smallest absolute Gasteiger partial charge is 0.255 e. The normalized spacial score (nSPS) is 16.7. The molecule has 0 aliphatic carbocycles. The van der Waals surface area contributed by atoms with Crippen LogP contribution < -0.4 is 10.6 Å². The van der Waals surface area contributed by atoms with Crippen molar-refractivity contribution in [2.75, 3.05) is 38.2 Å². The number of nitrogens with one attached hydrogen (secondary N) is 3. The minimum atomic E-state index is -0.382. The van der Waals surface area contributed by atoms with E-state index in [1.165, 1.54) is 6.33 Å². The molecule has 2 amide bonds. The average molecular weight is 611 g/mol. The van der Waals surface area contributed by atoms with Gasteiger partial charge in [-0.1, -0.05) is 23.2 Å². The summed E-state index contributed by atoms with van der Waals surface area (Å²) < 4.78 is 5.43. The number of imidazole rings is 1. The topological polar surface area (TPSA) is 125 Å². The number of hydrogen-bond acceptors (Lipinski definition) is 7. The number of nitrogens with zero attached hydrogens (tertiary/aromatic N) is 4. The number of carbonyl (C=O) groups is 2. The fraction of sp³-hybridized carbons (Fsp3) is 0.433. The second-order valence-corrected chi connectivity index (χ2v) is 11.8. The number of carbonyl (C=O) groups excluding carboxylic acids is 2. The highest BCUT2D eigenvalue weighted by molar-refractivity contribution is 6.35. The van der Waals surface area contributed by atoms with Gasteiger partial charge >= 0.3 is 0 Å². The molecule has 3 N–H and O–H groups in total. The van der Waals surface area contributed by atoms with Gasteiger partial charge in [0.05, 0.1) is 33.2 Å². The maximum atomic E-state index is 13.1.